The van der Waals surface area contributed by atoms with E-state index in [0.29, 0.717) is 34.4 Å². The number of rotatable bonds is 7. The Labute approximate surface area is 205 Å². The summed E-state index contributed by atoms with van der Waals surface area (Å²) in [5.41, 5.74) is 3.66. The molecule has 0 saturated carbocycles. The number of fused-ring (bicyclic) bond motifs is 1. The average molecular weight is 467 g/mol. The molecule has 1 aliphatic heterocycles. The summed E-state index contributed by atoms with van der Waals surface area (Å²) in [6.07, 6.45) is 4.37. The molecule has 178 valence electrons. The van der Waals surface area contributed by atoms with Gasteiger partial charge in [-0.15, -0.1) is 0 Å². The van der Waals surface area contributed by atoms with Gasteiger partial charge < -0.3 is 15.2 Å². The number of aromatic amines is 1. The molecule has 3 aromatic carbocycles. The number of aromatic nitrogens is 2. The molecule has 1 saturated heterocycles. The van der Waals surface area contributed by atoms with E-state index in [1.165, 1.54) is 17.5 Å². The lowest BCUT2D eigenvalue weighted by atomic mass is 10.0. The SMILES string of the molecule is CN(Cc1nc2ccccc2c(=O)[nH]1)C(=O)c1ccc(C[C@@H]2CC[C@H](Cc3ccccc3)N2)cc1. The zero-order chi connectivity index (χ0) is 24.2. The first kappa shape index (κ1) is 23.0. The molecule has 4 aromatic rings. The number of carbonyl (C=O) groups excluding carboxylic acids is 1. The molecule has 0 radical (unpaired) electrons. The Morgan fingerprint density at radius 3 is 2.23 bits per heavy atom. The molecule has 0 bridgehead atoms. The van der Waals surface area contributed by atoms with Crippen molar-refractivity contribution in [1.29, 1.82) is 0 Å². The van der Waals surface area contributed by atoms with E-state index in [1.807, 2.05) is 36.4 Å². The predicted octanol–water partition coefficient (Wildman–Crippen LogP) is 4.10. The third-order valence-corrected chi connectivity index (χ3v) is 6.74. The van der Waals surface area contributed by atoms with Crippen LogP contribution in [0.5, 0.6) is 0 Å². The van der Waals surface area contributed by atoms with Crippen LogP contribution in [0.4, 0.5) is 0 Å². The van der Waals surface area contributed by atoms with E-state index in [9.17, 15) is 9.59 Å². The number of para-hydroxylation sites is 1. The number of hydrogen-bond acceptors (Lipinski definition) is 4. The molecule has 2 heterocycles. The van der Waals surface area contributed by atoms with Gasteiger partial charge in [-0.1, -0.05) is 54.6 Å². The fraction of sp³-hybridized carbons (Fsp3) is 0.276. The molecule has 5 rings (SSSR count). The van der Waals surface area contributed by atoms with E-state index in [1.54, 1.807) is 24.1 Å². The van der Waals surface area contributed by atoms with Crippen molar-refractivity contribution < 1.29 is 4.79 Å². The van der Waals surface area contributed by atoms with Gasteiger partial charge in [0.2, 0.25) is 0 Å². The summed E-state index contributed by atoms with van der Waals surface area (Å²) in [6, 6.07) is 26.7. The fourth-order valence-electron chi connectivity index (χ4n) is 4.92. The third kappa shape index (κ3) is 5.49. The summed E-state index contributed by atoms with van der Waals surface area (Å²) >= 11 is 0. The topological polar surface area (TPSA) is 78.1 Å². The summed E-state index contributed by atoms with van der Waals surface area (Å²) in [6.45, 7) is 0.232. The van der Waals surface area contributed by atoms with Gasteiger partial charge in [0.25, 0.3) is 11.5 Å². The Bertz CT molecular complexity index is 1370. The summed E-state index contributed by atoms with van der Waals surface area (Å²) in [5.74, 6) is 0.368. The van der Waals surface area contributed by atoms with E-state index in [4.69, 9.17) is 0 Å². The van der Waals surface area contributed by atoms with Crippen LogP contribution >= 0.6 is 0 Å². The number of nitrogens with one attached hydrogen (secondary N) is 2. The molecule has 0 aliphatic carbocycles. The molecule has 0 unspecified atom stereocenters. The van der Waals surface area contributed by atoms with Crippen molar-refractivity contribution in [3.8, 4) is 0 Å². The van der Waals surface area contributed by atoms with Crippen LogP contribution in [0.25, 0.3) is 10.9 Å². The van der Waals surface area contributed by atoms with E-state index < -0.39 is 0 Å². The minimum Gasteiger partial charge on any atom is -0.334 e. The number of carbonyl (C=O) groups is 1. The summed E-state index contributed by atoms with van der Waals surface area (Å²) in [7, 11) is 1.72. The smallest absolute Gasteiger partial charge is 0.258 e. The lowest BCUT2D eigenvalue weighted by Gasteiger charge is -2.18. The average Bonchev–Trinajstić information content (AvgIpc) is 3.31. The number of hydrogen-bond donors (Lipinski definition) is 2. The maximum absolute atomic E-state index is 13.0. The van der Waals surface area contributed by atoms with Gasteiger partial charge in [0.1, 0.15) is 5.82 Å². The van der Waals surface area contributed by atoms with E-state index in [2.05, 4.69) is 45.6 Å². The monoisotopic (exact) mass is 466 g/mol. The second-order valence-electron chi connectivity index (χ2n) is 9.42. The van der Waals surface area contributed by atoms with E-state index >= 15 is 0 Å². The van der Waals surface area contributed by atoms with Crippen molar-refractivity contribution in [3.63, 3.8) is 0 Å². The molecular weight excluding hydrogens is 436 g/mol. The van der Waals surface area contributed by atoms with Gasteiger partial charge in [0, 0.05) is 24.7 Å². The van der Waals surface area contributed by atoms with Crippen LogP contribution < -0.4 is 10.9 Å². The molecule has 1 aromatic heterocycles. The highest BCUT2D eigenvalue weighted by Crippen LogP contribution is 2.20. The van der Waals surface area contributed by atoms with Gasteiger partial charge >= 0.3 is 0 Å². The van der Waals surface area contributed by atoms with Crippen molar-refractivity contribution in [2.45, 2.75) is 44.3 Å². The highest BCUT2D eigenvalue weighted by Gasteiger charge is 2.24. The second kappa shape index (κ2) is 10.2. The largest absolute Gasteiger partial charge is 0.334 e. The van der Waals surface area contributed by atoms with Crippen molar-refractivity contribution >= 4 is 16.8 Å². The lowest BCUT2D eigenvalue weighted by molar-refractivity contribution is 0.0781. The Kier molecular flexibility index (Phi) is 6.73. The van der Waals surface area contributed by atoms with E-state index in [0.717, 1.165) is 19.3 Å². The zero-order valence-corrected chi connectivity index (χ0v) is 19.9. The standard InChI is InChI=1S/C29H30N4O2/c1-33(19-27-31-26-10-6-5-9-25(26)28(34)32-27)29(35)22-13-11-21(12-14-22)18-24-16-15-23(30-24)17-20-7-3-2-4-8-20/h2-14,23-24,30H,15-19H2,1H3,(H,31,32,34)/t23-,24+/m1/s1. The lowest BCUT2D eigenvalue weighted by Crippen LogP contribution is -2.32. The fourth-order valence-corrected chi connectivity index (χ4v) is 4.92. The Hall–Kier alpha value is -3.77. The molecule has 35 heavy (non-hydrogen) atoms. The Balaban J connectivity index is 1.17. The normalized spacial score (nSPS) is 17.5. The maximum Gasteiger partial charge on any atom is 0.258 e. The molecular formula is C29H30N4O2. The molecule has 6 heteroatoms. The molecule has 1 fully saturated rings. The first-order valence-electron chi connectivity index (χ1n) is 12.2. The highest BCUT2D eigenvalue weighted by atomic mass is 16.2. The van der Waals surface area contributed by atoms with Crippen LogP contribution in [0.1, 0.15) is 40.2 Å². The Morgan fingerprint density at radius 1 is 0.886 bits per heavy atom. The minimum atomic E-state index is -0.192. The van der Waals surface area contributed by atoms with Crippen LogP contribution in [-0.4, -0.2) is 39.9 Å². The van der Waals surface area contributed by atoms with Crippen LogP contribution in [0.15, 0.2) is 83.7 Å². The van der Waals surface area contributed by atoms with Gasteiger partial charge in [-0.3, -0.25) is 9.59 Å². The third-order valence-electron chi connectivity index (χ3n) is 6.74. The summed E-state index contributed by atoms with van der Waals surface area (Å²) < 4.78 is 0. The number of amides is 1. The maximum atomic E-state index is 13.0. The highest BCUT2D eigenvalue weighted by molar-refractivity contribution is 5.94. The quantitative estimate of drug-likeness (QED) is 0.430. The molecule has 2 atom stereocenters. The van der Waals surface area contributed by atoms with Crippen molar-refractivity contribution in [3.05, 3.63) is 112 Å². The summed E-state index contributed by atoms with van der Waals surface area (Å²) in [5, 5.41) is 4.32. The van der Waals surface area contributed by atoms with Crippen LogP contribution in [-0.2, 0) is 19.4 Å². The molecule has 0 spiro atoms. The van der Waals surface area contributed by atoms with Gasteiger partial charge in [-0.2, -0.15) is 0 Å². The zero-order valence-electron chi connectivity index (χ0n) is 19.9. The van der Waals surface area contributed by atoms with Gasteiger partial charge in [-0.25, -0.2) is 4.98 Å². The van der Waals surface area contributed by atoms with Crippen molar-refractivity contribution in [2.24, 2.45) is 0 Å². The molecule has 2 N–H and O–H groups in total. The molecule has 1 amide bonds. The number of nitrogens with zero attached hydrogens (tertiary/aromatic N) is 2. The predicted molar refractivity (Wildman–Crippen MR) is 138 cm³/mol. The number of H-pyrrole nitrogens is 1. The van der Waals surface area contributed by atoms with Gasteiger partial charge in [0.05, 0.1) is 17.4 Å². The second-order valence-corrected chi connectivity index (χ2v) is 9.42. The van der Waals surface area contributed by atoms with Gasteiger partial charge in [-0.05, 0) is 61.1 Å². The van der Waals surface area contributed by atoms with E-state index in [-0.39, 0.29) is 18.0 Å². The first-order valence-corrected chi connectivity index (χ1v) is 12.2. The van der Waals surface area contributed by atoms with Crippen molar-refractivity contribution in [2.75, 3.05) is 7.05 Å². The Morgan fingerprint density at radius 2 is 1.51 bits per heavy atom. The number of benzene rings is 3. The minimum absolute atomic E-state index is 0.103. The first-order chi connectivity index (χ1) is 17.0. The van der Waals surface area contributed by atoms with Gasteiger partial charge in [0.15, 0.2) is 0 Å². The van der Waals surface area contributed by atoms with Crippen LogP contribution in [0.2, 0.25) is 0 Å². The van der Waals surface area contributed by atoms with Crippen molar-refractivity contribution in [1.82, 2.24) is 20.2 Å². The molecule has 1 aliphatic rings. The van der Waals surface area contributed by atoms with Crippen LogP contribution in [0, 0.1) is 0 Å². The van der Waals surface area contributed by atoms with Crippen LogP contribution in [0.3, 0.4) is 0 Å². The molecule has 6 nitrogen and oxygen atoms in total. The summed E-state index contributed by atoms with van der Waals surface area (Å²) in [4.78, 5) is 34.1.